The van der Waals surface area contributed by atoms with Crippen molar-refractivity contribution >= 4 is 17.5 Å². The molecule has 1 aromatic rings. The Morgan fingerprint density at radius 2 is 2.23 bits per heavy atom. The maximum atomic E-state index is 11.7. The monoisotopic (exact) mass is 302 g/mol. The van der Waals surface area contributed by atoms with Crippen LogP contribution in [-0.4, -0.2) is 25.0 Å². The Kier molecular flexibility index (Phi) is 6.01. The van der Waals surface area contributed by atoms with E-state index in [1.165, 1.54) is 6.92 Å². The second-order valence-corrected chi connectivity index (χ2v) is 5.38. The number of anilines is 1. The van der Waals surface area contributed by atoms with E-state index in [0.717, 1.165) is 12.8 Å². The van der Waals surface area contributed by atoms with Crippen molar-refractivity contribution in [2.24, 2.45) is 5.92 Å². The quantitative estimate of drug-likeness (QED) is 0.600. The minimum atomic E-state index is -0.120. The van der Waals surface area contributed by atoms with Gasteiger partial charge >= 0.3 is 0 Å². The molecule has 0 heterocycles. The minimum Gasteiger partial charge on any atom is -0.492 e. The van der Waals surface area contributed by atoms with Crippen LogP contribution in [0.15, 0.2) is 36.4 Å². The maximum Gasteiger partial charge on any atom is 0.221 e. The van der Waals surface area contributed by atoms with Crippen LogP contribution in [-0.2, 0) is 9.59 Å². The Morgan fingerprint density at radius 1 is 1.36 bits per heavy atom. The molecule has 0 spiro atoms. The number of rotatable bonds is 7. The molecule has 1 atom stereocenters. The van der Waals surface area contributed by atoms with Crippen LogP contribution in [0, 0.1) is 5.92 Å². The summed E-state index contributed by atoms with van der Waals surface area (Å²) in [5.74, 6) is 0.993. The predicted octanol–water partition coefficient (Wildman–Crippen LogP) is 2.50. The van der Waals surface area contributed by atoms with E-state index in [4.69, 9.17) is 4.74 Å². The number of benzene rings is 1. The van der Waals surface area contributed by atoms with Gasteiger partial charge in [0.05, 0.1) is 6.54 Å². The molecule has 0 saturated carbocycles. The number of carbonyl (C=O) groups is 2. The fourth-order valence-corrected chi connectivity index (χ4v) is 2.40. The molecule has 1 aliphatic carbocycles. The first-order valence-electron chi connectivity index (χ1n) is 7.57. The summed E-state index contributed by atoms with van der Waals surface area (Å²) in [5, 5.41) is 5.56. The van der Waals surface area contributed by atoms with Crippen molar-refractivity contribution in [3.8, 4) is 5.75 Å². The van der Waals surface area contributed by atoms with Gasteiger partial charge in [0.2, 0.25) is 11.8 Å². The standard InChI is InChI=1S/C17H22N2O3/c1-13(20)19-15-7-4-8-16(12-15)22-10-9-18-17(21)11-14-5-2-3-6-14/h2,4-5,7-8,12,14H,3,6,9-11H2,1H3,(H,18,21)(H,19,20). The molecule has 2 rings (SSSR count). The first-order chi connectivity index (χ1) is 10.6. The van der Waals surface area contributed by atoms with Gasteiger partial charge in [0.15, 0.2) is 0 Å². The number of allylic oxidation sites excluding steroid dienone is 2. The molecule has 118 valence electrons. The van der Waals surface area contributed by atoms with E-state index in [0.29, 0.717) is 36.9 Å². The van der Waals surface area contributed by atoms with E-state index in [2.05, 4.69) is 22.8 Å². The normalized spacial score (nSPS) is 16.3. The number of hydrogen-bond donors (Lipinski definition) is 2. The van der Waals surface area contributed by atoms with Gasteiger partial charge in [0.25, 0.3) is 0 Å². The van der Waals surface area contributed by atoms with E-state index in [1.54, 1.807) is 12.1 Å². The van der Waals surface area contributed by atoms with Crippen LogP contribution >= 0.6 is 0 Å². The van der Waals surface area contributed by atoms with Gasteiger partial charge in [-0.3, -0.25) is 9.59 Å². The van der Waals surface area contributed by atoms with Crippen LogP contribution in [0.3, 0.4) is 0 Å². The third kappa shape index (κ3) is 5.60. The van der Waals surface area contributed by atoms with Crippen LogP contribution in [0.25, 0.3) is 0 Å². The molecule has 0 aliphatic heterocycles. The molecule has 0 fully saturated rings. The topological polar surface area (TPSA) is 67.4 Å². The first-order valence-corrected chi connectivity index (χ1v) is 7.57. The Hall–Kier alpha value is -2.30. The van der Waals surface area contributed by atoms with E-state index in [1.807, 2.05) is 12.1 Å². The van der Waals surface area contributed by atoms with Gasteiger partial charge in [-0.05, 0) is 30.9 Å². The summed E-state index contributed by atoms with van der Waals surface area (Å²) in [6.07, 6.45) is 6.94. The van der Waals surface area contributed by atoms with Crippen LogP contribution in [0.1, 0.15) is 26.2 Å². The fraction of sp³-hybridized carbons (Fsp3) is 0.412. The van der Waals surface area contributed by atoms with E-state index in [-0.39, 0.29) is 11.8 Å². The van der Waals surface area contributed by atoms with Crippen molar-refractivity contribution in [1.82, 2.24) is 5.32 Å². The summed E-state index contributed by atoms with van der Waals surface area (Å²) in [6.45, 7) is 2.33. The zero-order chi connectivity index (χ0) is 15.8. The second-order valence-electron chi connectivity index (χ2n) is 5.38. The van der Waals surface area contributed by atoms with Gasteiger partial charge in [-0.25, -0.2) is 0 Å². The summed E-state index contributed by atoms with van der Waals surface area (Å²) in [4.78, 5) is 22.7. The molecule has 0 radical (unpaired) electrons. The minimum absolute atomic E-state index is 0.0622. The highest BCUT2D eigenvalue weighted by molar-refractivity contribution is 5.88. The summed E-state index contributed by atoms with van der Waals surface area (Å²) in [5.41, 5.74) is 0.696. The molecule has 0 aromatic heterocycles. The van der Waals surface area contributed by atoms with E-state index in [9.17, 15) is 9.59 Å². The highest BCUT2D eigenvalue weighted by Crippen LogP contribution is 2.20. The molecule has 1 unspecified atom stereocenters. The zero-order valence-corrected chi connectivity index (χ0v) is 12.8. The number of hydrogen-bond acceptors (Lipinski definition) is 3. The molecule has 5 nitrogen and oxygen atoms in total. The lowest BCUT2D eigenvalue weighted by Crippen LogP contribution is -2.29. The van der Waals surface area contributed by atoms with Crippen LogP contribution in [0.4, 0.5) is 5.69 Å². The van der Waals surface area contributed by atoms with Gasteiger partial charge in [-0.2, -0.15) is 0 Å². The third-order valence-corrected chi connectivity index (χ3v) is 3.41. The van der Waals surface area contributed by atoms with Crippen molar-refractivity contribution < 1.29 is 14.3 Å². The first kappa shape index (κ1) is 16.1. The number of carbonyl (C=O) groups excluding carboxylic acids is 2. The molecule has 1 aliphatic rings. The summed E-state index contributed by atoms with van der Waals surface area (Å²) >= 11 is 0. The number of ether oxygens (including phenoxy) is 1. The molecule has 5 heteroatoms. The second kappa shape index (κ2) is 8.22. The van der Waals surface area contributed by atoms with E-state index < -0.39 is 0 Å². The van der Waals surface area contributed by atoms with Crippen molar-refractivity contribution in [2.75, 3.05) is 18.5 Å². The Bertz CT molecular complexity index is 555. The van der Waals surface area contributed by atoms with Gasteiger partial charge in [0.1, 0.15) is 12.4 Å². The molecule has 0 saturated heterocycles. The summed E-state index contributed by atoms with van der Waals surface area (Å²) in [7, 11) is 0. The van der Waals surface area contributed by atoms with Gasteiger partial charge < -0.3 is 15.4 Å². The largest absolute Gasteiger partial charge is 0.492 e. The Balaban J connectivity index is 1.66. The molecule has 22 heavy (non-hydrogen) atoms. The number of nitrogens with one attached hydrogen (secondary N) is 2. The van der Waals surface area contributed by atoms with Crippen molar-refractivity contribution in [3.63, 3.8) is 0 Å². The summed E-state index contributed by atoms with van der Waals surface area (Å²) in [6, 6.07) is 7.18. The highest BCUT2D eigenvalue weighted by Gasteiger charge is 2.13. The van der Waals surface area contributed by atoms with Crippen LogP contribution in [0.2, 0.25) is 0 Å². The van der Waals surface area contributed by atoms with Gasteiger partial charge in [0, 0.05) is 25.1 Å². The molecule has 2 amide bonds. The van der Waals surface area contributed by atoms with Gasteiger partial charge in [-0.1, -0.05) is 18.2 Å². The van der Waals surface area contributed by atoms with E-state index >= 15 is 0 Å². The molecule has 0 bridgehead atoms. The lowest BCUT2D eigenvalue weighted by Gasteiger charge is -2.10. The SMILES string of the molecule is CC(=O)Nc1cccc(OCCNC(=O)CC2C=CCC2)c1. The zero-order valence-electron chi connectivity index (χ0n) is 12.8. The van der Waals surface area contributed by atoms with Gasteiger partial charge in [-0.15, -0.1) is 0 Å². The molecule has 2 N–H and O–H groups in total. The maximum absolute atomic E-state index is 11.7. The lowest BCUT2D eigenvalue weighted by atomic mass is 10.1. The molecular formula is C17H22N2O3. The average molecular weight is 302 g/mol. The van der Waals surface area contributed by atoms with Crippen molar-refractivity contribution in [2.45, 2.75) is 26.2 Å². The smallest absolute Gasteiger partial charge is 0.221 e. The van der Waals surface area contributed by atoms with Crippen LogP contribution in [0.5, 0.6) is 5.75 Å². The Labute approximate surface area is 130 Å². The molecular weight excluding hydrogens is 280 g/mol. The highest BCUT2D eigenvalue weighted by atomic mass is 16.5. The fourth-order valence-electron chi connectivity index (χ4n) is 2.40. The van der Waals surface area contributed by atoms with Crippen LogP contribution < -0.4 is 15.4 Å². The van der Waals surface area contributed by atoms with Crippen molar-refractivity contribution in [3.05, 3.63) is 36.4 Å². The predicted molar refractivity (Wildman–Crippen MR) is 85.7 cm³/mol. The third-order valence-electron chi connectivity index (χ3n) is 3.41. The van der Waals surface area contributed by atoms with Crippen molar-refractivity contribution in [1.29, 1.82) is 0 Å². The summed E-state index contributed by atoms with van der Waals surface area (Å²) < 4.78 is 5.57. The number of amides is 2. The Morgan fingerprint density at radius 3 is 2.95 bits per heavy atom. The molecule has 1 aromatic carbocycles. The lowest BCUT2D eigenvalue weighted by molar-refractivity contribution is -0.121. The average Bonchev–Trinajstić information content (AvgIpc) is 2.96.